The average Bonchev–Trinajstić information content (AvgIpc) is 2.79. The third-order valence-electron chi connectivity index (χ3n) is 6.14. The second kappa shape index (κ2) is 11.2. The van der Waals surface area contributed by atoms with Crippen molar-refractivity contribution < 1.29 is 14.3 Å². The Morgan fingerprint density at radius 1 is 1.19 bits per heavy atom. The Morgan fingerprint density at radius 3 is 2.42 bits per heavy atom. The molecule has 1 aromatic carbocycles. The molecule has 0 saturated heterocycles. The number of nitrogens with two attached hydrogens (primary N) is 2. The number of esters is 1. The Balaban J connectivity index is 0.00000166. The Kier molecular flexibility index (Phi) is 8.92. The van der Waals surface area contributed by atoms with Crippen LogP contribution in [0.3, 0.4) is 0 Å². The van der Waals surface area contributed by atoms with E-state index in [1.165, 1.54) is 26.4 Å². The molecule has 1 aliphatic carbocycles. The van der Waals surface area contributed by atoms with E-state index >= 15 is 0 Å². The summed E-state index contributed by atoms with van der Waals surface area (Å²) in [6.45, 7) is 8.15. The minimum Gasteiger partial charge on any atom is -0.465 e. The summed E-state index contributed by atoms with van der Waals surface area (Å²) in [5.41, 5.74) is 9.24. The second-order valence-electron chi connectivity index (χ2n) is 8.23. The fraction of sp³-hybridized carbons (Fsp3) is 0.583. The Bertz CT molecular complexity index is 802. The molecule has 0 spiro atoms. The number of hydrogen-bond acceptors (Lipinski definition) is 6. The number of hydrogen-bond donors (Lipinski definition) is 2. The van der Waals surface area contributed by atoms with E-state index in [0.29, 0.717) is 18.0 Å². The van der Waals surface area contributed by atoms with Gasteiger partial charge >= 0.3 is 5.97 Å². The molecule has 1 aliphatic heterocycles. The highest BCUT2D eigenvalue weighted by Crippen LogP contribution is 2.41. The van der Waals surface area contributed by atoms with Gasteiger partial charge in [-0.25, -0.2) is 10.6 Å². The number of allylic oxidation sites excluding steroid dienone is 1. The summed E-state index contributed by atoms with van der Waals surface area (Å²) < 4.78 is 4.87. The van der Waals surface area contributed by atoms with Crippen molar-refractivity contribution in [2.24, 2.45) is 23.4 Å². The number of nitrogens with zero attached hydrogens (tertiary/aromatic N) is 2. The van der Waals surface area contributed by atoms with E-state index in [0.717, 1.165) is 29.8 Å². The van der Waals surface area contributed by atoms with Crippen LogP contribution < -0.4 is 16.5 Å². The van der Waals surface area contributed by atoms with E-state index < -0.39 is 5.97 Å². The van der Waals surface area contributed by atoms with Crippen LogP contribution in [0.2, 0.25) is 0 Å². The molecule has 172 valence electrons. The van der Waals surface area contributed by atoms with Crippen molar-refractivity contribution in [1.82, 2.24) is 5.01 Å². The van der Waals surface area contributed by atoms with Crippen LogP contribution in [0.4, 0.5) is 5.69 Å². The number of ether oxygens (including phenoxy) is 1. The van der Waals surface area contributed by atoms with Crippen molar-refractivity contribution >= 4 is 17.6 Å². The molecule has 1 amide bonds. The molecule has 2 aliphatic rings. The van der Waals surface area contributed by atoms with Gasteiger partial charge in [-0.3, -0.25) is 4.79 Å². The van der Waals surface area contributed by atoms with E-state index in [1.54, 1.807) is 35.0 Å². The number of carbonyl (C=O) groups is 2. The molecule has 0 aromatic heterocycles. The molecule has 7 heteroatoms. The first kappa shape index (κ1) is 24.7. The largest absolute Gasteiger partial charge is 0.465 e. The summed E-state index contributed by atoms with van der Waals surface area (Å²) >= 11 is 0. The zero-order chi connectivity index (χ0) is 23.1. The number of methoxy groups -OCH3 is 1. The highest BCUT2D eigenvalue weighted by molar-refractivity contribution is 5.95. The lowest BCUT2D eigenvalue weighted by atomic mass is 9.85. The normalized spacial score (nSPS) is 21.5. The molecule has 0 bridgehead atoms. The Hall–Kier alpha value is -2.54. The van der Waals surface area contributed by atoms with Crippen LogP contribution in [0.15, 0.2) is 30.1 Å². The number of amides is 1. The molecule has 1 fully saturated rings. The van der Waals surface area contributed by atoms with Gasteiger partial charge in [0.05, 0.1) is 18.7 Å². The van der Waals surface area contributed by atoms with Gasteiger partial charge in [-0.15, -0.1) is 0 Å². The molecule has 4 N–H and O–H groups in total. The first-order valence-corrected chi connectivity index (χ1v) is 11.3. The fourth-order valence-electron chi connectivity index (χ4n) is 4.62. The lowest BCUT2D eigenvalue weighted by Crippen LogP contribution is -2.46. The highest BCUT2D eigenvalue weighted by atomic mass is 16.5. The van der Waals surface area contributed by atoms with Gasteiger partial charge in [0.2, 0.25) is 5.91 Å². The number of hydrazine groups is 1. The first-order valence-electron chi connectivity index (χ1n) is 11.3. The van der Waals surface area contributed by atoms with E-state index in [4.69, 9.17) is 16.3 Å². The number of anilines is 1. The van der Waals surface area contributed by atoms with Crippen molar-refractivity contribution in [2.75, 3.05) is 18.6 Å². The van der Waals surface area contributed by atoms with Crippen molar-refractivity contribution in [1.29, 1.82) is 0 Å². The number of fused-ring (bicyclic) bond motifs is 1. The quantitative estimate of drug-likeness (QED) is 0.424. The Labute approximate surface area is 186 Å². The van der Waals surface area contributed by atoms with E-state index in [1.807, 2.05) is 20.0 Å². The molecule has 31 heavy (non-hydrogen) atoms. The third kappa shape index (κ3) is 5.58. The minimum atomic E-state index is -0.417. The topological polar surface area (TPSA) is 102 Å². The molecule has 0 radical (unpaired) electrons. The highest BCUT2D eigenvalue weighted by Gasteiger charge is 2.35. The molecule has 1 saturated carbocycles. The summed E-state index contributed by atoms with van der Waals surface area (Å²) in [7, 11) is 1.35. The molecule has 3 rings (SSSR count). The van der Waals surface area contributed by atoms with Gasteiger partial charge in [0, 0.05) is 42.5 Å². The maximum absolute atomic E-state index is 12.2. The smallest absolute Gasteiger partial charge is 0.337 e. The van der Waals surface area contributed by atoms with E-state index in [-0.39, 0.29) is 17.9 Å². The van der Waals surface area contributed by atoms with Crippen LogP contribution in [0.25, 0.3) is 0 Å². The first-order chi connectivity index (χ1) is 14.8. The molecule has 2 atom stereocenters. The zero-order valence-electron chi connectivity index (χ0n) is 19.6. The maximum atomic E-state index is 12.2. The van der Waals surface area contributed by atoms with Crippen LogP contribution in [0.1, 0.15) is 81.8 Å². The molecular weight excluding hydrogens is 392 g/mol. The molecule has 1 unspecified atom stereocenters. The number of benzene rings is 1. The maximum Gasteiger partial charge on any atom is 0.337 e. The van der Waals surface area contributed by atoms with Crippen LogP contribution >= 0.6 is 0 Å². The minimum absolute atomic E-state index is 0.0387. The van der Waals surface area contributed by atoms with Gasteiger partial charge in [0.1, 0.15) is 0 Å². The van der Waals surface area contributed by atoms with Gasteiger partial charge in [0.15, 0.2) is 0 Å². The lowest BCUT2D eigenvalue weighted by molar-refractivity contribution is -0.116. The number of carbonyl (C=O) groups excluding carboxylic acids is 2. The average molecular weight is 431 g/mol. The van der Waals surface area contributed by atoms with E-state index in [2.05, 4.69) is 6.92 Å². The predicted octanol–water partition coefficient (Wildman–Crippen LogP) is 4.10. The summed E-state index contributed by atoms with van der Waals surface area (Å²) in [5.74, 6) is 6.46. The summed E-state index contributed by atoms with van der Waals surface area (Å²) in [6, 6.07) is 5.06. The van der Waals surface area contributed by atoms with Crippen LogP contribution in [0, 0.1) is 11.8 Å². The summed E-state index contributed by atoms with van der Waals surface area (Å²) in [4.78, 5) is 26.0. The Morgan fingerprint density at radius 2 is 1.84 bits per heavy atom. The van der Waals surface area contributed by atoms with Gasteiger partial charge in [0.25, 0.3) is 0 Å². The van der Waals surface area contributed by atoms with Gasteiger partial charge in [-0.2, -0.15) is 0 Å². The van der Waals surface area contributed by atoms with Crippen molar-refractivity contribution in [2.45, 2.75) is 65.8 Å². The van der Waals surface area contributed by atoms with Crippen molar-refractivity contribution in [3.8, 4) is 0 Å². The summed E-state index contributed by atoms with van der Waals surface area (Å²) in [6.07, 6.45) is 7.69. The van der Waals surface area contributed by atoms with Crippen LogP contribution in [-0.2, 0) is 9.53 Å². The SMILES string of the molecule is CC.COC(=O)c1ccc2c(c1)C(N(N)/C=C(\N)C1CCCCC1)[C@H](C)CN2C(C)=O. The van der Waals surface area contributed by atoms with Gasteiger partial charge in [-0.05, 0) is 37.0 Å². The predicted molar refractivity (Wildman–Crippen MR) is 124 cm³/mol. The lowest BCUT2D eigenvalue weighted by Gasteiger charge is -2.42. The second-order valence-corrected chi connectivity index (χ2v) is 8.23. The summed E-state index contributed by atoms with van der Waals surface area (Å²) in [5, 5.41) is 1.66. The van der Waals surface area contributed by atoms with Crippen LogP contribution in [-0.4, -0.2) is 30.5 Å². The molecule has 1 heterocycles. The zero-order valence-corrected chi connectivity index (χ0v) is 19.6. The molecule has 1 aromatic rings. The van der Waals surface area contributed by atoms with Gasteiger partial charge in [-0.1, -0.05) is 40.0 Å². The standard InChI is InChI=1S/C22H32N4O3.C2H6/c1-14-12-25(15(2)27)20-10-9-17(22(28)29-3)11-18(20)21(14)26(24)13-19(23)16-7-5-4-6-8-16;1-2/h9-11,13-14,16,21H,4-8,12,23-24H2,1-3H3;1-2H3/b19-13-;/t14-,21?;/m1./s1. The van der Waals surface area contributed by atoms with E-state index in [9.17, 15) is 9.59 Å². The third-order valence-corrected chi connectivity index (χ3v) is 6.14. The molecular formula is C24H38N4O3. The monoisotopic (exact) mass is 430 g/mol. The molecule has 7 nitrogen and oxygen atoms in total. The van der Waals surface area contributed by atoms with Crippen molar-refractivity contribution in [3.05, 3.63) is 41.2 Å². The van der Waals surface area contributed by atoms with Crippen LogP contribution in [0.5, 0.6) is 0 Å². The van der Waals surface area contributed by atoms with Crippen molar-refractivity contribution in [3.63, 3.8) is 0 Å². The number of rotatable bonds is 4. The van der Waals surface area contributed by atoms with Gasteiger partial charge < -0.3 is 20.4 Å². The fourth-order valence-corrected chi connectivity index (χ4v) is 4.62.